The summed E-state index contributed by atoms with van der Waals surface area (Å²) in [5.74, 6) is 1.38. The maximum atomic E-state index is 12.7. The summed E-state index contributed by atoms with van der Waals surface area (Å²) in [6.45, 7) is 2.56. The van der Waals surface area contributed by atoms with E-state index >= 15 is 0 Å². The van der Waals surface area contributed by atoms with Gasteiger partial charge in [-0.3, -0.25) is 4.79 Å². The van der Waals surface area contributed by atoms with Crippen LogP contribution >= 0.6 is 11.6 Å². The van der Waals surface area contributed by atoms with Crippen LogP contribution in [0.2, 0.25) is 5.02 Å². The van der Waals surface area contributed by atoms with Crippen molar-refractivity contribution in [2.45, 2.75) is 25.6 Å². The average Bonchev–Trinajstić information content (AvgIpc) is 3.21. The number of aliphatic hydroxyl groups is 1. The molecular weight excluding hydrogens is 366 g/mol. The zero-order valence-electron chi connectivity index (χ0n) is 14.8. The predicted octanol–water partition coefficient (Wildman–Crippen LogP) is 1.68. The molecule has 2 aromatic rings. The number of hydrogen-bond donors (Lipinski definition) is 2. The van der Waals surface area contributed by atoms with E-state index in [0.29, 0.717) is 17.3 Å². The fourth-order valence-corrected chi connectivity index (χ4v) is 3.90. The lowest BCUT2D eigenvalue weighted by Gasteiger charge is -2.32. The molecule has 1 aromatic carbocycles. The molecule has 2 atom stereocenters. The monoisotopic (exact) mass is 385 g/mol. The van der Waals surface area contributed by atoms with Crippen LogP contribution in [0, 0.1) is 6.92 Å². The summed E-state index contributed by atoms with van der Waals surface area (Å²) in [5.41, 5.74) is 1.59. The second-order valence-corrected chi connectivity index (χ2v) is 7.04. The Kier molecular flexibility index (Phi) is 4.72. The number of amides is 1. The SMILES string of the molecule is Cc1nnc2n1C1C=C(C(=O)NCCO)N(Cc3cccc(Cl)c3)C1C=C2. The molecule has 27 heavy (non-hydrogen) atoms. The Bertz CT molecular complexity index is 936. The van der Waals surface area contributed by atoms with Crippen molar-refractivity contribution >= 4 is 23.6 Å². The third-order valence-electron chi connectivity index (χ3n) is 4.85. The van der Waals surface area contributed by atoms with E-state index in [4.69, 9.17) is 16.7 Å². The van der Waals surface area contributed by atoms with Crippen molar-refractivity contribution in [2.75, 3.05) is 13.2 Å². The third-order valence-corrected chi connectivity index (χ3v) is 5.09. The highest BCUT2D eigenvalue weighted by Gasteiger charge is 2.40. The molecule has 0 fully saturated rings. The summed E-state index contributed by atoms with van der Waals surface area (Å²) in [5, 5.41) is 20.8. The molecule has 0 saturated heterocycles. The minimum Gasteiger partial charge on any atom is -0.395 e. The van der Waals surface area contributed by atoms with Gasteiger partial charge >= 0.3 is 0 Å². The minimum atomic E-state index is -0.207. The standard InChI is InChI=1S/C19H20ClN5O2/c1-12-22-23-18-6-5-15-16(25(12)18)10-17(19(27)21-7-8-26)24(15)11-13-3-2-4-14(20)9-13/h2-6,9-10,15-16,26H,7-8,11H2,1H3,(H,21,27). The molecule has 0 radical (unpaired) electrons. The molecule has 2 aliphatic heterocycles. The molecule has 0 spiro atoms. The molecule has 2 aliphatic rings. The molecule has 140 valence electrons. The number of benzene rings is 1. The summed E-state index contributed by atoms with van der Waals surface area (Å²) in [6.07, 6.45) is 5.95. The van der Waals surface area contributed by atoms with Crippen molar-refractivity contribution < 1.29 is 9.90 Å². The molecule has 8 heteroatoms. The van der Waals surface area contributed by atoms with Crippen molar-refractivity contribution in [3.05, 3.63) is 64.3 Å². The zero-order valence-corrected chi connectivity index (χ0v) is 15.6. The Labute approximate surface area is 162 Å². The van der Waals surface area contributed by atoms with Crippen molar-refractivity contribution in [3.8, 4) is 0 Å². The molecule has 3 heterocycles. The summed E-state index contributed by atoms with van der Waals surface area (Å²) >= 11 is 6.13. The number of carbonyl (C=O) groups excluding carboxylic acids is 1. The molecule has 1 amide bonds. The van der Waals surface area contributed by atoms with Crippen molar-refractivity contribution in [1.82, 2.24) is 25.0 Å². The van der Waals surface area contributed by atoms with Gasteiger partial charge in [-0.15, -0.1) is 10.2 Å². The second kappa shape index (κ2) is 7.17. The lowest BCUT2D eigenvalue weighted by molar-refractivity contribution is -0.119. The van der Waals surface area contributed by atoms with E-state index in [-0.39, 0.29) is 31.1 Å². The molecule has 7 nitrogen and oxygen atoms in total. The van der Waals surface area contributed by atoms with Gasteiger partial charge in [0.2, 0.25) is 0 Å². The van der Waals surface area contributed by atoms with E-state index < -0.39 is 0 Å². The number of aromatic nitrogens is 3. The Hall–Kier alpha value is -2.64. The summed E-state index contributed by atoms with van der Waals surface area (Å²) in [6, 6.07) is 7.54. The quantitative estimate of drug-likeness (QED) is 0.818. The number of halogens is 1. The van der Waals surface area contributed by atoms with Crippen LogP contribution in [0.4, 0.5) is 0 Å². The molecule has 0 aliphatic carbocycles. The van der Waals surface area contributed by atoms with Gasteiger partial charge in [0.05, 0.1) is 18.7 Å². The Morgan fingerprint density at radius 2 is 2.19 bits per heavy atom. The highest BCUT2D eigenvalue weighted by atomic mass is 35.5. The van der Waals surface area contributed by atoms with E-state index in [2.05, 4.69) is 26.5 Å². The van der Waals surface area contributed by atoms with Crippen LogP contribution in [-0.2, 0) is 11.3 Å². The normalized spacial score (nSPS) is 20.3. The highest BCUT2D eigenvalue weighted by molar-refractivity contribution is 6.30. The molecule has 0 bridgehead atoms. The Morgan fingerprint density at radius 1 is 1.33 bits per heavy atom. The van der Waals surface area contributed by atoms with Crippen LogP contribution in [-0.4, -0.2) is 49.9 Å². The summed E-state index contributed by atoms with van der Waals surface area (Å²) in [4.78, 5) is 14.8. The average molecular weight is 386 g/mol. The number of aryl methyl sites for hydroxylation is 1. The van der Waals surface area contributed by atoms with Crippen LogP contribution < -0.4 is 5.32 Å². The zero-order chi connectivity index (χ0) is 19.0. The highest BCUT2D eigenvalue weighted by Crippen LogP contribution is 2.37. The first-order valence-electron chi connectivity index (χ1n) is 8.80. The first-order valence-corrected chi connectivity index (χ1v) is 9.18. The van der Waals surface area contributed by atoms with E-state index in [0.717, 1.165) is 17.2 Å². The van der Waals surface area contributed by atoms with Gasteiger partial charge in [-0.1, -0.05) is 29.8 Å². The lowest BCUT2D eigenvalue weighted by atomic mass is 10.1. The fraction of sp³-hybridized carbons (Fsp3) is 0.316. The minimum absolute atomic E-state index is 0.0268. The van der Waals surface area contributed by atoms with Crippen LogP contribution in [0.3, 0.4) is 0 Å². The maximum Gasteiger partial charge on any atom is 0.267 e. The Balaban J connectivity index is 1.70. The van der Waals surface area contributed by atoms with Gasteiger partial charge in [-0.2, -0.15) is 0 Å². The number of fused-ring (bicyclic) bond motifs is 3. The van der Waals surface area contributed by atoms with Crippen LogP contribution in [0.5, 0.6) is 0 Å². The van der Waals surface area contributed by atoms with Gasteiger partial charge in [-0.05, 0) is 36.8 Å². The van der Waals surface area contributed by atoms with Crippen molar-refractivity contribution in [1.29, 1.82) is 0 Å². The van der Waals surface area contributed by atoms with Gasteiger partial charge in [0.1, 0.15) is 11.5 Å². The molecule has 4 rings (SSSR count). The van der Waals surface area contributed by atoms with Gasteiger partial charge in [0.25, 0.3) is 5.91 Å². The number of rotatable bonds is 5. The molecule has 2 unspecified atom stereocenters. The molecule has 1 aromatic heterocycles. The predicted molar refractivity (Wildman–Crippen MR) is 102 cm³/mol. The van der Waals surface area contributed by atoms with E-state index in [1.165, 1.54) is 0 Å². The number of nitrogens with zero attached hydrogens (tertiary/aromatic N) is 4. The smallest absolute Gasteiger partial charge is 0.267 e. The largest absolute Gasteiger partial charge is 0.395 e. The first kappa shape index (κ1) is 17.8. The van der Waals surface area contributed by atoms with Gasteiger partial charge in [0, 0.05) is 18.1 Å². The first-order chi connectivity index (χ1) is 13.1. The topological polar surface area (TPSA) is 83.3 Å². The van der Waals surface area contributed by atoms with E-state index in [9.17, 15) is 4.79 Å². The number of aliphatic hydroxyl groups excluding tert-OH is 1. The number of carbonyl (C=O) groups is 1. The van der Waals surface area contributed by atoms with Crippen molar-refractivity contribution in [2.24, 2.45) is 0 Å². The summed E-state index contributed by atoms with van der Waals surface area (Å²) in [7, 11) is 0. The van der Waals surface area contributed by atoms with Crippen molar-refractivity contribution in [3.63, 3.8) is 0 Å². The molecule has 0 saturated carbocycles. The van der Waals surface area contributed by atoms with E-state index in [1.807, 2.05) is 47.9 Å². The maximum absolute atomic E-state index is 12.7. The fourth-order valence-electron chi connectivity index (χ4n) is 3.69. The van der Waals surface area contributed by atoms with Crippen LogP contribution in [0.1, 0.15) is 23.3 Å². The lowest BCUT2D eigenvalue weighted by Crippen LogP contribution is -2.39. The Morgan fingerprint density at radius 3 is 2.96 bits per heavy atom. The molecule has 2 N–H and O–H groups in total. The number of hydrogen-bond acceptors (Lipinski definition) is 5. The number of nitrogens with one attached hydrogen (secondary N) is 1. The molecular formula is C19H20ClN5O2. The second-order valence-electron chi connectivity index (χ2n) is 6.60. The van der Waals surface area contributed by atoms with Gasteiger partial charge < -0.3 is 19.9 Å². The van der Waals surface area contributed by atoms with Crippen LogP contribution in [0.15, 0.2) is 42.1 Å². The van der Waals surface area contributed by atoms with E-state index in [1.54, 1.807) is 0 Å². The summed E-state index contributed by atoms with van der Waals surface area (Å²) < 4.78 is 2.04. The third kappa shape index (κ3) is 3.24. The van der Waals surface area contributed by atoms with Gasteiger partial charge in [0.15, 0.2) is 5.82 Å². The van der Waals surface area contributed by atoms with Crippen LogP contribution in [0.25, 0.3) is 6.08 Å². The van der Waals surface area contributed by atoms with Gasteiger partial charge in [-0.25, -0.2) is 0 Å².